The average molecular weight is 272 g/mol. The van der Waals surface area contributed by atoms with Crippen molar-refractivity contribution in [2.24, 2.45) is 0 Å². The molecule has 0 bridgehead atoms. The van der Waals surface area contributed by atoms with Crippen molar-refractivity contribution in [1.82, 2.24) is 4.98 Å². The summed E-state index contributed by atoms with van der Waals surface area (Å²) < 4.78 is 5.55. The number of ether oxygens (including phenoxy) is 1. The highest BCUT2D eigenvalue weighted by Gasteiger charge is 2.26. The van der Waals surface area contributed by atoms with Gasteiger partial charge in [0.2, 0.25) is 0 Å². The number of aliphatic hydroxyl groups excluding tert-OH is 1. The van der Waals surface area contributed by atoms with Gasteiger partial charge in [-0.2, -0.15) is 0 Å². The van der Waals surface area contributed by atoms with Crippen molar-refractivity contribution in [1.29, 1.82) is 0 Å². The Hall–Kier alpha value is -1.18. The van der Waals surface area contributed by atoms with Crippen molar-refractivity contribution < 1.29 is 19.7 Å². The van der Waals surface area contributed by atoms with Crippen LogP contribution in [0.25, 0.3) is 0 Å². The summed E-state index contributed by atoms with van der Waals surface area (Å²) in [6, 6.07) is 0. The maximum absolute atomic E-state index is 10.6. The lowest BCUT2D eigenvalue weighted by Crippen LogP contribution is -2.48. The van der Waals surface area contributed by atoms with Crippen molar-refractivity contribution in [2.75, 3.05) is 24.6 Å². The van der Waals surface area contributed by atoms with E-state index in [9.17, 15) is 4.79 Å². The van der Waals surface area contributed by atoms with Crippen molar-refractivity contribution in [2.45, 2.75) is 25.6 Å². The van der Waals surface area contributed by atoms with E-state index in [1.165, 1.54) is 11.3 Å². The topological polar surface area (TPSA) is 82.9 Å². The summed E-state index contributed by atoms with van der Waals surface area (Å²) in [7, 11) is 0. The van der Waals surface area contributed by atoms with Gasteiger partial charge < -0.3 is 19.8 Å². The maximum atomic E-state index is 10.6. The molecule has 0 saturated carbocycles. The van der Waals surface area contributed by atoms with E-state index in [1.54, 1.807) is 5.38 Å². The molecule has 1 aliphatic rings. The van der Waals surface area contributed by atoms with Gasteiger partial charge in [0.1, 0.15) is 0 Å². The van der Waals surface area contributed by atoms with Crippen molar-refractivity contribution >= 4 is 22.4 Å². The lowest BCUT2D eigenvalue weighted by molar-refractivity contribution is -0.136. The summed E-state index contributed by atoms with van der Waals surface area (Å²) in [6.07, 6.45) is -0.233. The Bertz CT molecular complexity index is 423. The van der Waals surface area contributed by atoms with Gasteiger partial charge in [-0.05, 0) is 6.92 Å². The largest absolute Gasteiger partial charge is 0.481 e. The molecule has 18 heavy (non-hydrogen) atoms. The second kappa shape index (κ2) is 5.64. The molecular formula is C11H16N2O4S. The molecule has 1 aromatic heterocycles. The number of thiazole rings is 1. The zero-order valence-electron chi connectivity index (χ0n) is 10.1. The number of hydrogen-bond acceptors (Lipinski definition) is 6. The van der Waals surface area contributed by atoms with E-state index in [1.807, 2.05) is 11.8 Å². The number of aliphatic carboxylic acids is 1. The third-order valence-electron chi connectivity index (χ3n) is 2.67. The predicted octanol–water partition coefficient (Wildman–Crippen LogP) is 0.356. The third kappa shape index (κ3) is 3.18. The molecule has 0 radical (unpaired) electrons. The van der Waals surface area contributed by atoms with Gasteiger partial charge in [0, 0.05) is 18.5 Å². The lowest BCUT2D eigenvalue weighted by Gasteiger charge is -2.35. The maximum Gasteiger partial charge on any atom is 0.309 e. The van der Waals surface area contributed by atoms with Crippen LogP contribution in [0, 0.1) is 0 Å². The zero-order chi connectivity index (χ0) is 13.1. The van der Waals surface area contributed by atoms with Crippen LogP contribution in [-0.2, 0) is 16.0 Å². The number of anilines is 1. The monoisotopic (exact) mass is 272 g/mol. The minimum Gasteiger partial charge on any atom is -0.481 e. The van der Waals surface area contributed by atoms with Gasteiger partial charge >= 0.3 is 5.97 Å². The second-order valence-electron chi connectivity index (χ2n) is 4.35. The number of carbonyl (C=O) groups is 1. The molecule has 2 N–H and O–H groups in total. The molecule has 2 atom stereocenters. The van der Waals surface area contributed by atoms with Crippen LogP contribution in [0.5, 0.6) is 0 Å². The van der Waals surface area contributed by atoms with Crippen LogP contribution in [0.3, 0.4) is 0 Å². The highest BCUT2D eigenvalue weighted by molar-refractivity contribution is 7.13. The highest BCUT2D eigenvalue weighted by Crippen LogP contribution is 2.24. The summed E-state index contributed by atoms with van der Waals surface area (Å²) in [5.74, 6) is -0.879. The molecule has 1 saturated heterocycles. The molecule has 2 rings (SSSR count). The number of hydrogen-bond donors (Lipinski definition) is 2. The third-order valence-corrected chi connectivity index (χ3v) is 3.62. The molecule has 7 heteroatoms. The highest BCUT2D eigenvalue weighted by atomic mass is 32.1. The fraction of sp³-hybridized carbons (Fsp3) is 0.636. The molecule has 1 aliphatic heterocycles. The van der Waals surface area contributed by atoms with Gasteiger partial charge in [0.15, 0.2) is 5.13 Å². The molecular weight excluding hydrogens is 256 g/mol. The number of carboxylic acids is 1. The van der Waals surface area contributed by atoms with E-state index in [0.717, 1.165) is 5.13 Å². The molecule has 0 spiro atoms. The summed E-state index contributed by atoms with van der Waals surface area (Å²) >= 11 is 1.43. The molecule has 0 aromatic carbocycles. The van der Waals surface area contributed by atoms with Crippen LogP contribution in [0.4, 0.5) is 5.13 Å². The Labute approximate surface area is 109 Å². The van der Waals surface area contributed by atoms with Crippen LogP contribution < -0.4 is 4.90 Å². The number of morpholine rings is 1. The van der Waals surface area contributed by atoms with E-state index in [0.29, 0.717) is 18.8 Å². The minimum atomic E-state index is -0.879. The van der Waals surface area contributed by atoms with Gasteiger partial charge in [0.05, 0.1) is 30.9 Å². The van der Waals surface area contributed by atoms with E-state index in [2.05, 4.69) is 4.98 Å². The molecule has 0 amide bonds. The number of aliphatic hydroxyl groups is 1. The Morgan fingerprint density at radius 2 is 2.44 bits per heavy atom. The SMILES string of the molecule is CC1CN(c2nc(CC(=O)O)cs2)CC(CO)O1. The number of carboxylic acid groups (broad SMARTS) is 1. The van der Waals surface area contributed by atoms with Crippen molar-refractivity contribution in [3.8, 4) is 0 Å². The summed E-state index contributed by atoms with van der Waals surface area (Å²) in [4.78, 5) is 16.9. The summed E-state index contributed by atoms with van der Waals surface area (Å²) in [5, 5.41) is 20.4. The first kappa shape index (κ1) is 13.3. The molecule has 6 nitrogen and oxygen atoms in total. The molecule has 2 unspecified atom stereocenters. The summed E-state index contributed by atoms with van der Waals surface area (Å²) in [6.45, 7) is 3.21. The summed E-state index contributed by atoms with van der Waals surface area (Å²) in [5.41, 5.74) is 0.571. The van der Waals surface area contributed by atoms with Crippen molar-refractivity contribution in [3.05, 3.63) is 11.1 Å². The van der Waals surface area contributed by atoms with Crippen LogP contribution in [0.2, 0.25) is 0 Å². The van der Waals surface area contributed by atoms with Crippen LogP contribution in [0.1, 0.15) is 12.6 Å². The van der Waals surface area contributed by atoms with Gasteiger partial charge in [-0.3, -0.25) is 4.79 Å². The van der Waals surface area contributed by atoms with E-state index in [-0.39, 0.29) is 25.2 Å². The smallest absolute Gasteiger partial charge is 0.309 e. The van der Waals surface area contributed by atoms with Crippen molar-refractivity contribution in [3.63, 3.8) is 0 Å². The van der Waals surface area contributed by atoms with E-state index < -0.39 is 5.97 Å². The predicted molar refractivity (Wildman–Crippen MR) is 67.1 cm³/mol. The molecule has 0 aliphatic carbocycles. The first-order chi connectivity index (χ1) is 8.58. The quantitative estimate of drug-likeness (QED) is 0.823. The Morgan fingerprint density at radius 1 is 1.67 bits per heavy atom. The second-order valence-corrected chi connectivity index (χ2v) is 5.18. The van der Waals surface area contributed by atoms with Gasteiger partial charge in [-0.1, -0.05) is 0 Å². The number of rotatable bonds is 4. The normalized spacial score (nSPS) is 24.2. The van der Waals surface area contributed by atoms with E-state index >= 15 is 0 Å². The van der Waals surface area contributed by atoms with E-state index in [4.69, 9.17) is 14.9 Å². The Balaban J connectivity index is 2.05. The molecule has 1 aromatic rings. The van der Waals surface area contributed by atoms with Gasteiger partial charge in [-0.25, -0.2) is 4.98 Å². The fourth-order valence-corrected chi connectivity index (χ4v) is 2.83. The first-order valence-corrected chi connectivity index (χ1v) is 6.64. The number of aromatic nitrogens is 1. The van der Waals surface area contributed by atoms with Crippen LogP contribution >= 0.6 is 11.3 Å². The van der Waals surface area contributed by atoms with Gasteiger partial charge in [0.25, 0.3) is 0 Å². The fourth-order valence-electron chi connectivity index (χ4n) is 1.98. The Morgan fingerprint density at radius 3 is 3.11 bits per heavy atom. The zero-order valence-corrected chi connectivity index (χ0v) is 10.9. The standard InChI is InChI=1S/C11H16N2O4S/c1-7-3-13(4-9(5-14)17-7)11-12-8(6-18-11)2-10(15)16/h6-7,9,14H,2-5H2,1H3,(H,15,16). The first-order valence-electron chi connectivity index (χ1n) is 5.76. The van der Waals surface area contributed by atoms with Crippen LogP contribution in [-0.4, -0.2) is 53.1 Å². The van der Waals surface area contributed by atoms with Crippen LogP contribution in [0.15, 0.2) is 5.38 Å². The number of nitrogens with zero attached hydrogens (tertiary/aromatic N) is 2. The average Bonchev–Trinajstić information content (AvgIpc) is 2.75. The Kier molecular flexibility index (Phi) is 4.15. The molecule has 100 valence electrons. The minimum absolute atomic E-state index is 0.0196. The van der Waals surface area contributed by atoms with Gasteiger partial charge in [-0.15, -0.1) is 11.3 Å². The lowest BCUT2D eigenvalue weighted by atomic mass is 10.2. The molecule has 1 fully saturated rings. The molecule has 2 heterocycles.